The average Bonchev–Trinajstić information content (AvgIpc) is 2.77. The number of rotatable bonds is 3. The van der Waals surface area contributed by atoms with Gasteiger partial charge in [0.05, 0.1) is 0 Å². The van der Waals surface area contributed by atoms with Crippen LogP contribution >= 0.6 is 22.6 Å². The first-order valence-electron chi connectivity index (χ1n) is 6.01. The van der Waals surface area contributed by atoms with Crippen LogP contribution in [0.1, 0.15) is 12.0 Å². The molecule has 20 heavy (non-hydrogen) atoms. The normalized spacial score (nSPS) is 24.0. The Bertz CT molecular complexity index is 503. The zero-order valence-corrected chi connectivity index (χ0v) is 12.6. The Morgan fingerprint density at radius 1 is 1.35 bits per heavy atom. The van der Waals surface area contributed by atoms with Crippen molar-refractivity contribution >= 4 is 28.6 Å². The van der Waals surface area contributed by atoms with E-state index < -0.39 is 30.5 Å². The lowest BCUT2D eigenvalue weighted by Gasteiger charge is -2.27. The Kier molecular flexibility index (Phi) is 4.29. The van der Waals surface area contributed by atoms with Crippen LogP contribution in [0.15, 0.2) is 24.3 Å². The molecule has 1 fully saturated rings. The van der Waals surface area contributed by atoms with Crippen molar-refractivity contribution in [2.45, 2.75) is 19.1 Å². The van der Waals surface area contributed by atoms with Gasteiger partial charge in [-0.3, -0.25) is 9.69 Å². The molecule has 0 radical (unpaired) electrons. The van der Waals surface area contributed by atoms with Gasteiger partial charge in [-0.2, -0.15) is 13.2 Å². The van der Waals surface area contributed by atoms with Gasteiger partial charge in [-0.15, -0.1) is 0 Å². The Morgan fingerprint density at radius 3 is 2.40 bits per heavy atom. The number of hydrogen-bond donors (Lipinski definition) is 1. The maximum Gasteiger partial charge on any atom is 0.406 e. The molecule has 0 aliphatic carbocycles. The van der Waals surface area contributed by atoms with Crippen LogP contribution in [-0.2, 0) is 11.3 Å². The second kappa shape index (κ2) is 5.51. The van der Waals surface area contributed by atoms with Crippen molar-refractivity contribution in [2.75, 3.05) is 13.1 Å². The lowest BCUT2D eigenvalue weighted by atomic mass is 9.86. The summed E-state index contributed by atoms with van der Waals surface area (Å²) in [4.78, 5) is 12.6. The van der Waals surface area contributed by atoms with Crippen molar-refractivity contribution in [3.63, 3.8) is 0 Å². The van der Waals surface area contributed by atoms with E-state index in [4.69, 9.17) is 5.11 Å². The average molecular weight is 399 g/mol. The number of halogens is 4. The third-order valence-corrected chi connectivity index (χ3v) is 4.34. The van der Waals surface area contributed by atoms with Crippen LogP contribution in [0.5, 0.6) is 0 Å². The van der Waals surface area contributed by atoms with E-state index in [1.54, 1.807) is 4.90 Å². The first-order chi connectivity index (χ1) is 9.24. The molecule has 7 heteroatoms. The molecule has 1 saturated heterocycles. The topological polar surface area (TPSA) is 40.5 Å². The molecule has 1 N–H and O–H groups in total. The molecule has 0 amide bonds. The summed E-state index contributed by atoms with van der Waals surface area (Å²) in [5, 5.41) is 8.97. The molecule has 2 rings (SSSR count). The largest absolute Gasteiger partial charge is 0.481 e. The Balaban J connectivity index is 2.11. The summed E-state index contributed by atoms with van der Waals surface area (Å²) in [5.41, 5.74) is -1.75. The molecule has 1 aromatic rings. The molecular formula is C13H13F3INO2. The standard InChI is InChI=1S/C13H13F3INO2/c14-13(15,16)12(11(19)20)5-6-18(8-12)7-9-1-3-10(17)4-2-9/h1-4H,5-8H2,(H,19,20). The first-order valence-corrected chi connectivity index (χ1v) is 7.09. The number of carbonyl (C=O) groups is 1. The maximum atomic E-state index is 13.0. The third kappa shape index (κ3) is 2.93. The zero-order valence-electron chi connectivity index (χ0n) is 10.5. The number of likely N-dealkylation sites (tertiary alicyclic amines) is 1. The van der Waals surface area contributed by atoms with Crippen LogP contribution in [0.3, 0.4) is 0 Å². The second-order valence-corrected chi connectivity index (χ2v) is 6.22. The van der Waals surface area contributed by atoms with Crippen LogP contribution in [0, 0.1) is 8.99 Å². The number of hydrogen-bond acceptors (Lipinski definition) is 2. The molecule has 1 aliphatic heterocycles. The van der Waals surface area contributed by atoms with Gasteiger partial charge in [-0.1, -0.05) is 12.1 Å². The number of nitrogens with zero attached hydrogens (tertiary/aromatic N) is 1. The smallest absolute Gasteiger partial charge is 0.406 e. The molecule has 0 saturated carbocycles. The third-order valence-electron chi connectivity index (χ3n) is 3.62. The summed E-state index contributed by atoms with van der Waals surface area (Å²) >= 11 is 2.15. The molecule has 3 nitrogen and oxygen atoms in total. The van der Waals surface area contributed by atoms with Crippen molar-refractivity contribution in [1.82, 2.24) is 4.90 Å². The fourth-order valence-corrected chi connectivity index (χ4v) is 2.76. The van der Waals surface area contributed by atoms with Gasteiger partial charge in [0.15, 0.2) is 5.41 Å². The van der Waals surface area contributed by atoms with Crippen molar-refractivity contribution in [2.24, 2.45) is 5.41 Å². The lowest BCUT2D eigenvalue weighted by Crippen LogP contribution is -2.47. The van der Waals surface area contributed by atoms with Crippen LogP contribution in [-0.4, -0.2) is 35.2 Å². The Hall–Kier alpha value is -0.830. The molecular weight excluding hydrogens is 386 g/mol. The van der Waals surface area contributed by atoms with Gasteiger partial charge in [0.1, 0.15) is 0 Å². The molecule has 1 aliphatic rings. The summed E-state index contributed by atoms with van der Waals surface area (Å²) in [6, 6.07) is 7.44. The minimum Gasteiger partial charge on any atom is -0.481 e. The van der Waals surface area contributed by atoms with E-state index in [-0.39, 0.29) is 6.54 Å². The van der Waals surface area contributed by atoms with Crippen LogP contribution in [0.4, 0.5) is 13.2 Å². The van der Waals surface area contributed by atoms with Gasteiger partial charge in [0, 0.05) is 23.2 Å². The van der Waals surface area contributed by atoms with Gasteiger partial charge < -0.3 is 5.11 Å². The van der Waals surface area contributed by atoms with Crippen molar-refractivity contribution in [3.8, 4) is 0 Å². The predicted molar refractivity (Wildman–Crippen MR) is 75.2 cm³/mol. The molecule has 0 bridgehead atoms. The molecule has 1 heterocycles. The highest BCUT2D eigenvalue weighted by atomic mass is 127. The minimum atomic E-state index is -4.72. The first kappa shape index (κ1) is 15.6. The lowest BCUT2D eigenvalue weighted by molar-refractivity contribution is -0.227. The monoisotopic (exact) mass is 399 g/mol. The van der Waals surface area contributed by atoms with E-state index in [0.29, 0.717) is 6.54 Å². The zero-order chi connectivity index (χ0) is 15.0. The highest BCUT2D eigenvalue weighted by Gasteiger charge is 2.63. The van der Waals surface area contributed by atoms with Crippen LogP contribution < -0.4 is 0 Å². The summed E-state index contributed by atoms with van der Waals surface area (Å²) < 4.78 is 40.1. The molecule has 1 aromatic carbocycles. The van der Waals surface area contributed by atoms with Gasteiger partial charge >= 0.3 is 12.1 Å². The van der Waals surface area contributed by atoms with Gasteiger partial charge in [-0.25, -0.2) is 0 Å². The minimum absolute atomic E-state index is 0.137. The van der Waals surface area contributed by atoms with E-state index in [2.05, 4.69) is 22.6 Å². The summed E-state index contributed by atoms with van der Waals surface area (Å²) in [7, 11) is 0. The van der Waals surface area contributed by atoms with E-state index in [0.717, 1.165) is 9.13 Å². The van der Waals surface area contributed by atoms with E-state index >= 15 is 0 Å². The second-order valence-electron chi connectivity index (χ2n) is 4.97. The van der Waals surface area contributed by atoms with Crippen LogP contribution in [0.25, 0.3) is 0 Å². The predicted octanol–water partition coefficient (Wildman–Crippen LogP) is 3.13. The molecule has 0 spiro atoms. The quantitative estimate of drug-likeness (QED) is 0.795. The number of alkyl halides is 3. The van der Waals surface area contributed by atoms with Crippen molar-refractivity contribution in [3.05, 3.63) is 33.4 Å². The van der Waals surface area contributed by atoms with Crippen molar-refractivity contribution < 1.29 is 23.1 Å². The van der Waals surface area contributed by atoms with Crippen LogP contribution in [0.2, 0.25) is 0 Å². The maximum absolute atomic E-state index is 13.0. The summed E-state index contributed by atoms with van der Waals surface area (Å²) in [6.07, 6.45) is -5.12. The molecule has 0 aromatic heterocycles. The summed E-state index contributed by atoms with van der Waals surface area (Å²) in [5.74, 6) is -1.78. The van der Waals surface area contributed by atoms with Gasteiger partial charge in [0.2, 0.25) is 0 Å². The SMILES string of the molecule is O=C(O)C1(C(F)(F)F)CCN(Cc2ccc(I)cc2)C1. The Labute approximate surface area is 127 Å². The number of carboxylic acids is 1. The number of carboxylic acid groups (broad SMARTS) is 1. The molecule has 110 valence electrons. The molecule has 1 atom stereocenters. The van der Waals surface area contributed by atoms with Gasteiger partial charge in [0.25, 0.3) is 0 Å². The van der Waals surface area contributed by atoms with Gasteiger partial charge in [-0.05, 0) is 46.7 Å². The fourth-order valence-electron chi connectivity index (χ4n) is 2.40. The van der Waals surface area contributed by atoms with E-state index in [1.807, 2.05) is 24.3 Å². The summed E-state index contributed by atoms with van der Waals surface area (Å²) in [6.45, 7) is -0.0162. The number of benzene rings is 1. The van der Waals surface area contributed by atoms with Crippen molar-refractivity contribution in [1.29, 1.82) is 0 Å². The fraction of sp³-hybridized carbons (Fsp3) is 0.462. The highest BCUT2D eigenvalue weighted by Crippen LogP contribution is 2.45. The highest BCUT2D eigenvalue weighted by molar-refractivity contribution is 14.1. The molecule has 1 unspecified atom stereocenters. The van der Waals surface area contributed by atoms with E-state index in [1.165, 1.54) is 0 Å². The Morgan fingerprint density at radius 2 is 1.95 bits per heavy atom. The van der Waals surface area contributed by atoms with E-state index in [9.17, 15) is 18.0 Å². The number of aliphatic carboxylic acids is 1.